The third kappa shape index (κ3) is 2.98. The maximum Gasteiger partial charge on any atom is 0.358 e. The fraction of sp³-hybridized carbons (Fsp3) is 0.500. The van der Waals surface area contributed by atoms with Crippen LogP contribution < -0.4 is 11.2 Å². The van der Waals surface area contributed by atoms with Gasteiger partial charge in [-0.05, 0) is 6.92 Å². The number of nitrogens with zero attached hydrogens (tertiary/aromatic N) is 4. The van der Waals surface area contributed by atoms with Crippen LogP contribution in [0.4, 0.5) is 0 Å². The maximum atomic E-state index is 12.0. The molecular formula is C14H17N5O6. The standard InChI is InChI=1S/C14H17N5O6/c1-7-5-18(14(23)16-12(7)21)11-3-8(10(6-20)25-11)19-9(4-15-17-19)13(22)24-2/h4-5,8,10-11,20H,3,6H2,1-2H3,(H,16,21,23)/t8-,10+,11+/m0/s1. The van der Waals surface area contributed by atoms with Crippen molar-refractivity contribution in [3.8, 4) is 0 Å². The van der Waals surface area contributed by atoms with Gasteiger partial charge in [-0.15, -0.1) is 5.10 Å². The number of carbonyl (C=O) groups excluding carboxylic acids is 1. The maximum absolute atomic E-state index is 12.0. The average molecular weight is 351 g/mol. The van der Waals surface area contributed by atoms with E-state index in [1.165, 1.54) is 28.8 Å². The first-order valence-corrected chi connectivity index (χ1v) is 7.53. The first-order chi connectivity index (χ1) is 12.0. The SMILES string of the molecule is COC(=O)c1cnnn1[C@H]1C[C@H](n2cc(C)c(=O)[nH]c2=O)O[C@@H]1CO. The van der Waals surface area contributed by atoms with E-state index >= 15 is 0 Å². The molecule has 0 unspecified atom stereocenters. The van der Waals surface area contributed by atoms with Gasteiger partial charge in [-0.25, -0.2) is 14.3 Å². The summed E-state index contributed by atoms with van der Waals surface area (Å²) in [6.07, 6.45) is 1.44. The molecular weight excluding hydrogens is 334 g/mol. The second kappa shape index (κ2) is 6.61. The van der Waals surface area contributed by atoms with Gasteiger partial charge in [0.15, 0.2) is 5.69 Å². The number of esters is 1. The minimum Gasteiger partial charge on any atom is -0.464 e. The molecule has 11 nitrogen and oxygen atoms in total. The van der Waals surface area contributed by atoms with Crippen molar-refractivity contribution in [2.45, 2.75) is 31.7 Å². The van der Waals surface area contributed by atoms with Crippen molar-refractivity contribution in [1.82, 2.24) is 24.5 Å². The fourth-order valence-electron chi connectivity index (χ4n) is 2.85. The van der Waals surface area contributed by atoms with Gasteiger partial charge in [-0.2, -0.15) is 0 Å². The number of ether oxygens (including phenoxy) is 2. The number of aliphatic hydroxyl groups is 1. The Balaban J connectivity index is 1.96. The quantitative estimate of drug-likeness (QED) is 0.651. The molecule has 2 aromatic heterocycles. The number of aliphatic hydroxyl groups excluding tert-OH is 1. The number of rotatable bonds is 4. The van der Waals surface area contributed by atoms with Crippen LogP contribution in [-0.2, 0) is 9.47 Å². The molecule has 2 N–H and O–H groups in total. The number of carbonyl (C=O) groups is 1. The molecule has 0 spiro atoms. The Kier molecular flexibility index (Phi) is 4.51. The lowest BCUT2D eigenvalue weighted by molar-refractivity contribution is -0.0325. The van der Waals surface area contributed by atoms with Gasteiger partial charge in [0.25, 0.3) is 5.56 Å². The normalized spacial score (nSPS) is 22.9. The second-order valence-corrected chi connectivity index (χ2v) is 5.65. The molecule has 134 valence electrons. The highest BCUT2D eigenvalue weighted by atomic mass is 16.5. The summed E-state index contributed by atoms with van der Waals surface area (Å²) < 4.78 is 13.0. The van der Waals surface area contributed by atoms with Gasteiger partial charge in [0.05, 0.1) is 26.0 Å². The molecule has 1 aliphatic rings. The minimum atomic E-state index is -0.736. The fourth-order valence-corrected chi connectivity index (χ4v) is 2.85. The first kappa shape index (κ1) is 17.0. The summed E-state index contributed by atoms with van der Waals surface area (Å²) in [5.74, 6) is -0.623. The summed E-state index contributed by atoms with van der Waals surface area (Å²) in [7, 11) is 1.24. The molecule has 0 aliphatic carbocycles. The van der Waals surface area contributed by atoms with Gasteiger partial charge in [-0.3, -0.25) is 14.3 Å². The Hall–Kier alpha value is -2.79. The van der Waals surface area contributed by atoms with Crippen molar-refractivity contribution in [3.05, 3.63) is 44.5 Å². The molecule has 25 heavy (non-hydrogen) atoms. The summed E-state index contributed by atoms with van der Waals surface area (Å²) >= 11 is 0. The summed E-state index contributed by atoms with van der Waals surface area (Å²) in [6, 6.07) is -0.536. The summed E-state index contributed by atoms with van der Waals surface area (Å²) in [5.41, 5.74) is -0.633. The summed E-state index contributed by atoms with van der Waals surface area (Å²) in [5, 5.41) is 17.2. The van der Waals surface area contributed by atoms with E-state index in [0.29, 0.717) is 5.56 Å². The smallest absolute Gasteiger partial charge is 0.358 e. The molecule has 0 saturated carbocycles. The molecule has 3 heterocycles. The van der Waals surface area contributed by atoms with E-state index in [0.717, 1.165) is 0 Å². The molecule has 2 aromatic rings. The number of aromatic amines is 1. The van der Waals surface area contributed by atoms with Crippen LogP contribution in [0.3, 0.4) is 0 Å². The lowest BCUT2D eigenvalue weighted by Gasteiger charge is -2.17. The van der Waals surface area contributed by atoms with Gasteiger partial charge in [-0.1, -0.05) is 5.21 Å². The van der Waals surface area contributed by atoms with E-state index in [4.69, 9.17) is 4.74 Å². The van der Waals surface area contributed by atoms with Crippen LogP contribution in [0.15, 0.2) is 22.0 Å². The van der Waals surface area contributed by atoms with Crippen LogP contribution in [0.25, 0.3) is 0 Å². The third-order valence-corrected chi connectivity index (χ3v) is 4.12. The zero-order valence-corrected chi connectivity index (χ0v) is 13.6. The number of methoxy groups -OCH3 is 1. The topological polar surface area (TPSA) is 141 Å². The first-order valence-electron chi connectivity index (χ1n) is 7.53. The van der Waals surface area contributed by atoms with Gasteiger partial charge in [0.2, 0.25) is 0 Å². The van der Waals surface area contributed by atoms with E-state index < -0.39 is 35.6 Å². The van der Waals surface area contributed by atoms with Crippen molar-refractivity contribution < 1.29 is 19.4 Å². The van der Waals surface area contributed by atoms with Crippen LogP contribution in [-0.4, -0.2) is 55.4 Å². The van der Waals surface area contributed by atoms with Crippen molar-refractivity contribution >= 4 is 5.97 Å². The monoisotopic (exact) mass is 351 g/mol. The molecule has 3 atom stereocenters. The summed E-state index contributed by atoms with van der Waals surface area (Å²) in [6.45, 7) is 1.22. The van der Waals surface area contributed by atoms with Crippen molar-refractivity contribution in [3.63, 3.8) is 0 Å². The molecule has 1 fully saturated rings. The number of hydrogen-bond acceptors (Lipinski definition) is 8. The lowest BCUT2D eigenvalue weighted by atomic mass is 10.1. The summed E-state index contributed by atoms with van der Waals surface area (Å²) in [4.78, 5) is 37.6. The molecule has 1 saturated heterocycles. The second-order valence-electron chi connectivity index (χ2n) is 5.65. The van der Waals surface area contributed by atoms with E-state index in [-0.39, 0.29) is 18.7 Å². The minimum absolute atomic E-state index is 0.111. The van der Waals surface area contributed by atoms with Crippen LogP contribution in [0.5, 0.6) is 0 Å². The average Bonchev–Trinajstić information content (AvgIpc) is 3.23. The van der Waals surface area contributed by atoms with Gasteiger partial charge < -0.3 is 14.6 Å². The van der Waals surface area contributed by atoms with E-state index in [2.05, 4.69) is 20.0 Å². The largest absolute Gasteiger partial charge is 0.464 e. The van der Waals surface area contributed by atoms with E-state index in [1.54, 1.807) is 6.92 Å². The Morgan fingerprint density at radius 3 is 2.96 bits per heavy atom. The van der Waals surface area contributed by atoms with Crippen LogP contribution in [0, 0.1) is 6.92 Å². The van der Waals surface area contributed by atoms with Gasteiger partial charge >= 0.3 is 11.7 Å². The number of H-pyrrole nitrogens is 1. The molecule has 0 bridgehead atoms. The number of aryl methyl sites for hydroxylation is 1. The Morgan fingerprint density at radius 1 is 1.52 bits per heavy atom. The van der Waals surface area contributed by atoms with Crippen molar-refractivity contribution in [1.29, 1.82) is 0 Å². The molecule has 3 rings (SSSR count). The van der Waals surface area contributed by atoms with Crippen molar-refractivity contribution in [2.75, 3.05) is 13.7 Å². The predicted molar refractivity (Wildman–Crippen MR) is 82.1 cm³/mol. The molecule has 0 amide bonds. The molecule has 1 aliphatic heterocycles. The number of hydrogen-bond donors (Lipinski definition) is 2. The van der Waals surface area contributed by atoms with E-state index in [9.17, 15) is 19.5 Å². The predicted octanol–water partition coefficient (Wildman–Crippen LogP) is -1.26. The van der Waals surface area contributed by atoms with Crippen LogP contribution in [0.2, 0.25) is 0 Å². The Labute approximate surface area is 140 Å². The lowest BCUT2D eigenvalue weighted by Crippen LogP contribution is -2.33. The molecule has 0 aromatic carbocycles. The zero-order chi connectivity index (χ0) is 18.1. The molecule has 0 radical (unpaired) electrons. The van der Waals surface area contributed by atoms with Crippen molar-refractivity contribution in [2.24, 2.45) is 0 Å². The number of aromatic nitrogens is 5. The highest BCUT2D eigenvalue weighted by Crippen LogP contribution is 2.36. The highest BCUT2D eigenvalue weighted by molar-refractivity contribution is 5.86. The third-order valence-electron chi connectivity index (χ3n) is 4.12. The Bertz CT molecular complexity index is 900. The van der Waals surface area contributed by atoms with Gasteiger partial charge in [0.1, 0.15) is 12.3 Å². The van der Waals surface area contributed by atoms with E-state index in [1.807, 2.05) is 0 Å². The number of nitrogens with one attached hydrogen (secondary N) is 1. The van der Waals surface area contributed by atoms with Crippen LogP contribution >= 0.6 is 0 Å². The molecule has 11 heteroatoms. The van der Waals surface area contributed by atoms with Gasteiger partial charge in [0, 0.05) is 18.2 Å². The zero-order valence-electron chi connectivity index (χ0n) is 13.6. The van der Waals surface area contributed by atoms with Crippen LogP contribution in [0.1, 0.15) is 34.7 Å². The highest BCUT2D eigenvalue weighted by Gasteiger charge is 2.40. The Morgan fingerprint density at radius 2 is 2.28 bits per heavy atom.